The Labute approximate surface area is 226 Å². The number of primary sulfonamides is 1. The molecule has 0 amide bonds. The van der Waals surface area contributed by atoms with Gasteiger partial charge in [0.2, 0.25) is 15.2 Å². The second-order valence-electron chi connectivity index (χ2n) is 8.79. The lowest BCUT2D eigenvalue weighted by atomic mass is 9.95. The molecular weight excluding hydrogens is 546 g/mol. The van der Waals surface area contributed by atoms with Crippen molar-refractivity contribution < 1.29 is 27.1 Å². The average molecular weight is 567 g/mol. The van der Waals surface area contributed by atoms with Crippen LogP contribution in [-0.4, -0.2) is 34.3 Å². The van der Waals surface area contributed by atoms with Crippen LogP contribution >= 0.6 is 11.3 Å². The van der Waals surface area contributed by atoms with Gasteiger partial charge >= 0.3 is 5.97 Å². The lowest BCUT2D eigenvalue weighted by Crippen LogP contribution is -2.11. The second-order valence-corrected chi connectivity index (χ2v) is 11.2. The molecule has 0 bridgehead atoms. The second kappa shape index (κ2) is 10.1. The fourth-order valence-electron chi connectivity index (χ4n) is 4.11. The third-order valence-electron chi connectivity index (χ3n) is 6.09. The van der Waals surface area contributed by atoms with Gasteiger partial charge in [-0.1, -0.05) is 30.3 Å². The summed E-state index contributed by atoms with van der Waals surface area (Å²) < 4.78 is 52.3. The number of sulfonamides is 1. The van der Waals surface area contributed by atoms with Crippen LogP contribution in [0.5, 0.6) is 0 Å². The van der Waals surface area contributed by atoms with Gasteiger partial charge in [-0.25, -0.2) is 36.8 Å². The SMILES string of the molecule is Cc1ccc(-c2nn(-c3nc(C(=O)O)cs3)cc2Cc2ccc(S(N)(=O)=O)cc2)cc1-c1ccc(F)c(F)c1. The molecule has 2 heterocycles. The van der Waals surface area contributed by atoms with E-state index in [1.54, 1.807) is 18.3 Å². The van der Waals surface area contributed by atoms with Gasteiger partial charge in [0.05, 0.1) is 10.6 Å². The fraction of sp³-hybridized carbons (Fsp3) is 0.0741. The van der Waals surface area contributed by atoms with E-state index < -0.39 is 27.6 Å². The number of aryl methyl sites for hydroxylation is 1. The largest absolute Gasteiger partial charge is 0.476 e. The van der Waals surface area contributed by atoms with Gasteiger partial charge in [0.1, 0.15) is 0 Å². The quantitative estimate of drug-likeness (QED) is 0.279. The first-order chi connectivity index (χ1) is 18.5. The van der Waals surface area contributed by atoms with Crippen LogP contribution in [0.25, 0.3) is 27.5 Å². The molecule has 0 aliphatic rings. The highest BCUT2D eigenvalue weighted by atomic mass is 32.2. The normalized spacial score (nSPS) is 11.6. The summed E-state index contributed by atoms with van der Waals surface area (Å²) in [5.74, 6) is -3.05. The summed E-state index contributed by atoms with van der Waals surface area (Å²) >= 11 is 1.12. The average Bonchev–Trinajstić information content (AvgIpc) is 3.54. The lowest BCUT2D eigenvalue weighted by molar-refractivity contribution is 0.0691. The van der Waals surface area contributed by atoms with Crippen LogP contribution in [0.1, 0.15) is 27.2 Å². The maximum absolute atomic E-state index is 14.0. The van der Waals surface area contributed by atoms with Crippen LogP contribution in [0.15, 0.2) is 77.1 Å². The first-order valence-electron chi connectivity index (χ1n) is 11.5. The highest BCUT2D eigenvalue weighted by Gasteiger charge is 2.18. The molecule has 0 atom stereocenters. The molecule has 12 heteroatoms. The molecule has 0 fully saturated rings. The summed E-state index contributed by atoms with van der Waals surface area (Å²) in [6.45, 7) is 1.86. The summed E-state index contributed by atoms with van der Waals surface area (Å²) in [6, 6.07) is 15.4. The molecule has 2 aromatic heterocycles. The third kappa shape index (κ3) is 5.48. The van der Waals surface area contributed by atoms with Gasteiger partial charge in [-0.3, -0.25) is 0 Å². The standard InChI is InChI=1S/C27H20F2N4O4S2/c1-15-2-5-18(11-21(15)17-6-9-22(28)23(29)12-17)25-19(10-16-3-7-20(8-4-16)39(30,36)37)13-33(32-25)27-31-24(14-38-27)26(34)35/h2-9,11-14H,10H2,1H3,(H,34,35)(H2,30,36,37). The molecule has 0 saturated carbocycles. The molecule has 198 valence electrons. The number of hydrogen-bond donors (Lipinski definition) is 2. The molecular formula is C27H20F2N4O4S2. The van der Waals surface area contributed by atoms with Crippen molar-refractivity contribution in [1.82, 2.24) is 14.8 Å². The zero-order chi connectivity index (χ0) is 27.9. The van der Waals surface area contributed by atoms with E-state index in [-0.39, 0.29) is 10.6 Å². The zero-order valence-corrected chi connectivity index (χ0v) is 21.9. The first-order valence-corrected chi connectivity index (χ1v) is 13.9. The molecule has 0 unspecified atom stereocenters. The molecule has 5 rings (SSSR count). The summed E-state index contributed by atoms with van der Waals surface area (Å²) in [4.78, 5) is 15.5. The number of thiazole rings is 1. The van der Waals surface area contributed by atoms with Crippen LogP contribution in [0, 0.1) is 18.6 Å². The fourth-order valence-corrected chi connectivity index (χ4v) is 5.35. The number of carboxylic acid groups (broad SMARTS) is 1. The Morgan fingerprint density at radius 3 is 2.38 bits per heavy atom. The Balaban J connectivity index is 1.61. The Morgan fingerprint density at radius 2 is 1.74 bits per heavy atom. The molecule has 8 nitrogen and oxygen atoms in total. The van der Waals surface area contributed by atoms with Crippen molar-refractivity contribution in [2.45, 2.75) is 18.2 Å². The van der Waals surface area contributed by atoms with Crippen molar-refractivity contribution in [1.29, 1.82) is 0 Å². The number of nitrogens with zero attached hydrogens (tertiary/aromatic N) is 3. The minimum atomic E-state index is -3.84. The molecule has 0 aliphatic heterocycles. The highest BCUT2D eigenvalue weighted by Crippen LogP contribution is 2.33. The van der Waals surface area contributed by atoms with Crippen LogP contribution < -0.4 is 5.14 Å². The molecule has 0 spiro atoms. The number of carbonyl (C=O) groups is 1. The Morgan fingerprint density at radius 1 is 1.03 bits per heavy atom. The smallest absolute Gasteiger partial charge is 0.355 e. The van der Waals surface area contributed by atoms with Crippen molar-refractivity contribution in [2.24, 2.45) is 5.14 Å². The number of hydrogen-bond acceptors (Lipinski definition) is 6. The molecule has 0 radical (unpaired) electrons. The number of benzene rings is 3. The number of aromatic carboxylic acids is 1. The van der Waals surface area contributed by atoms with Gasteiger partial charge in [0, 0.05) is 29.1 Å². The molecule has 39 heavy (non-hydrogen) atoms. The predicted octanol–water partition coefficient (Wildman–Crippen LogP) is 5.19. The Kier molecular flexibility index (Phi) is 6.85. The molecule has 3 N–H and O–H groups in total. The van der Waals surface area contributed by atoms with E-state index in [9.17, 15) is 27.1 Å². The summed E-state index contributed by atoms with van der Waals surface area (Å²) in [5.41, 5.74) is 4.68. The summed E-state index contributed by atoms with van der Waals surface area (Å²) in [7, 11) is -3.84. The third-order valence-corrected chi connectivity index (χ3v) is 7.84. The van der Waals surface area contributed by atoms with E-state index in [2.05, 4.69) is 4.98 Å². The van der Waals surface area contributed by atoms with E-state index in [0.29, 0.717) is 33.9 Å². The zero-order valence-electron chi connectivity index (χ0n) is 20.3. The van der Waals surface area contributed by atoms with E-state index in [1.807, 2.05) is 25.1 Å². The van der Waals surface area contributed by atoms with E-state index >= 15 is 0 Å². The van der Waals surface area contributed by atoms with Gasteiger partial charge in [-0.2, -0.15) is 5.10 Å². The number of aromatic nitrogens is 3. The molecule has 5 aromatic rings. The Bertz CT molecular complexity index is 1830. The van der Waals surface area contributed by atoms with E-state index in [0.717, 1.165) is 40.2 Å². The number of nitrogens with two attached hydrogens (primary N) is 1. The molecule has 0 aliphatic carbocycles. The number of halogens is 2. The highest BCUT2D eigenvalue weighted by molar-refractivity contribution is 7.89. The Hall–Kier alpha value is -4.26. The minimum absolute atomic E-state index is 0.0131. The van der Waals surface area contributed by atoms with Crippen molar-refractivity contribution in [3.8, 4) is 27.5 Å². The van der Waals surface area contributed by atoms with E-state index in [4.69, 9.17) is 10.2 Å². The topological polar surface area (TPSA) is 128 Å². The molecule has 3 aromatic carbocycles. The number of rotatable bonds is 7. The van der Waals surface area contributed by atoms with Gasteiger partial charge < -0.3 is 5.11 Å². The van der Waals surface area contributed by atoms with Crippen molar-refractivity contribution >= 4 is 27.3 Å². The first kappa shape index (κ1) is 26.4. The van der Waals surface area contributed by atoms with Crippen molar-refractivity contribution in [3.05, 3.63) is 106 Å². The maximum Gasteiger partial charge on any atom is 0.355 e. The van der Waals surface area contributed by atoms with Crippen LogP contribution in [0.2, 0.25) is 0 Å². The predicted molar refractivity (Wildman–Crippen MR) is 142 cm³/mol. The monoisotopic (exact) mass is 566 g/mol. The van der Waals surface area contributed by atoms with Crippen molar-refractivity contribution in [2.75, 3.05) is 0 Å². The van der Waals surface area contributed by atoms with Crippen molar-refractivity contribution in [3.63, 3.8) is 0 Å². The molecule has 0 saturated heterocycles. The van der Waals surface area contributed by atoms with Gasteiger partial charge in [-0.05, 0) is 59.5 Å². The van der Waals surface area contributed by atoms with Gasteiger partial charge in [0.25, 0.3) is 0 Å². The van der Waals surface area contributed by atoms with Gasteiger partial charge in [-0.15, -0.1) is 11.3 Å². The summed E-state index contributed by atoms with van der Waals surface area (Å²) in [5, 5.41) is 20.9. The van der Waals surface area contributed by atoms with Crippen LogP contribution in [-0.2, 0) is 16.4 Å². The summed E-state index contributed by atoms with van der Waals surface area (Å²) in [6.07, 6.45) is 2.08. The van der Waals surface area contributed by atoms with E-state index in [1.165, 1.54) is 28.3 Å². The maximum atomic E-state index is 14.0. The van der Waals surface area contributed by atoms with Crippen LogP contribution in [0.3, 0.4) is 0 Å². The van der Waals surface area contributed by atoms with Gasteiger partial charge in [0.15, 0.2) is 17.3 Å². The minimum Gasteiger partial charge on any atom is -0.476 e. The number of carboxylic acids is 1. The van der Waals surface area contributed by atoms with Crippen LogP contribution in [0.4, 0.5) is 8.78 Å². The lowest BCUT2D eigenvalue weighted by Gasteiger charge is -2.10.